The van der Waals surface area contributed by atoms with Gasteiger partial charge in [0.25, 0.3) is 5.19 Å². The zero-order valence-corrected chi connectivity index (χ0v) is 17.1. The molecular formula is C18H21Cl2N3OS. The number of nitrogens with zero attached hydrogens (tertiary/aromatic N) is 3. The highest BCUT2D eigenvalue weighted by atomic mass is 35.5. The second kappa shape index (κ2) is 7.14. The molecule has 0 amide bonds. The Balaban J connectivity index is 1.82. The van der Waals surface area contributed by atoms with Crippen molar-refractivity contribution < 1.29 is 4.74 Å². The maximum Gasteiger partial charge on any atom is 0.280 e. The quantitative estimate of drug-likeness (QED) is 0.338. The molecule has 7 heteroatoms. The lowest BCUT2D eigenvalue weighted by Gasteiger charge is -2.11. The third kappa shape index (κ3) is 4.10. The Bertz CT molecular complexity index is 815. The number of aromatic nitrogens is 1. The number of ether oxygens (including phenoxy) is 1. The summed E-state index contributed by atoms with van der Waals surface area (Å²) in [5, 5.41) is 0.524. The maximum atomic E-state index is 6.43. The van der Waals surface area contributed by atoms with Gasteiger partial charge in [0.1, 0.15) is 10.1 Å². The molecule has 1 heterocycles. The fourth-order valence-electron chi connectivity index (χ4n) is 2.31. The van der Waals surface area contributed by atoms with E-state index in [2.05, 4.69) is 16.9 Å². The Hall–Kier alpha value is -1.30. The number of rotatable bonds is 6. The summed E-state index contributed by atoms with van der Waals surface area (Å²) in [6.07, 6.45) is 3.66. The molecule has 1 aliphatic carbocycles. The first-order valence-corrected chi connectivity index (χ1v) is 9.79. The molecule has 1 aromatic carbocycles. The van der Waals surface area contributed by atoms with Crippen molar-refractivity contribution in [2.75, 3.05) is 13.6 Å². The number of thiazole rings is 1. The van der Waals surface area contributed by atoms with Crippen LogP contribution in [0.15, 0.2) is 17.1 Å². The predicted octanol–water partition coefficient (Wildman–Crippen LogP) is 6.05. The molecule has 0 unspecified atom stereocenters. The van der Waals surface area contributed by atoms with Gasteiger partial charge < -0.3 is 9.64 Å². The van der Waals surface area contributed by atoms with Crippen LogP contribution in [0.25, 0.3) is 0 Å². The molecule has 4 nitrogen and oxygen atoms in total. The first-order chi connectivity index (χ1) is 11.8. The van der Waals surface area contributed by atoms with Gasteiger partial charge >= 0.3 is 0 Å². The number of aryl methyl sites for hydroxylation is 2. The van der Waals surface area contributed by atoms with E-state index in [-0.39, 0.29) is 4.87 Å². The lowest BCUT2D eigenvalue weighted by Crippen LogP contribution is -2.14. The molecule has 1 aliphatic rings. The predicted molar refractivity (Wildman–Crippen MR) is 106 cm³/mol. The Morgan fingerprint density at radius 1 is 1.36 bits per heavy atom. The van der Waals surface area contributed by atoms with Gasteiger partial charge in [-0.2, -0.15) is 0 Å². The van der Waals surface area contributed by atoms with Crippen LogP contribution >= 0.6 is 34.5 Å². The van der Waals surface area contributed by atoms with E-state index in [1.54, 1.807) is 0 Å². The number of aliphatic imine (C=N–C) groups is 1. The summed E-state index contributed by atoms with van der Waals surface area (Å²) >= 11 is 14.0. The summed E-state index contributed by atoms with van der Waals surface area (Å²) in [5.41, 5.74) is 3.71. The molecule has 0 atom stereocenters. The lowest BCUT2D eigenvalue weighted by atomic mass is 10.1. The highest BCUT2D eigenvalue weighted by Crippen LogP contribution is 2.55. The van der Waals surface area contributed by atoms with Gasteiger partial charge in [-0.1, -0.05) is 22.9 Å². The van der Waals surface area contributed by atoms with Crippen LogP contribution in [0.5, 0.6) is 10.9 Å². The van der Waals surface area contributed by atoms with Crippen LogP contribution < -0.4 is 4.74 Å². The van der Waals surface area contributed by atoms with Crippen LogP contribution in [0, 0.1) is 13.8 Å². The fraction of sp³-hybridized carbons (Fsp3) is 0.444. The molecule has 134 valence electrons. The molecule has 0 aliphatic heterocycles. The van der Waals surface area contributed by atoms with E-state index in [0.29, 0.717) is 9.53 Å². The van der Waals surface area contributed by atoms with Gasteiger partial charge in [0.15, 0.2) is 0 Å². The van der Waals surface area contributed by atoms with Crippen LogP contribution in [0.1, 0.15) is 36.6 Å². The van der Waals surface area contributed by atoms with Crippen molar-refractivity contribution in [2.24, 2.45) is 4.99 Å². The molecule has 0 radical (unpaired) electrons. The second-order valence-corrected chi connectivity index (χ2v) is 8.68. The number of alkyl halides is 1. The van der Waals surface area contributed by atoms with Crippen LogP contribution in [-0.4, -0.2) is 29.8 Å². The summed E-state index contributed by atoms with van der Waals surface area (Å²) < 4.78 is 6.59. The van der Waals surface area contributed by atoms with E-state index >= 15 is 0 Å². The summed E-state index contributed by atoms with van der Waals surface area (Å²) in [6, 6.07) is 4.00. The summed E-state index contributed by atoms with van der Waals surface area (Å²) in [7, 11) is 2.00. The zero-order chi connectivity index (χ0) is 18.2. The Morgan fingerprint density at radius 2 is 2.08 bits per heavy atom. The zero-order valence-electron chi connectivity index (χ0n) is 14.8. The molecule has 0 N–H and O–H groups in total. The molecule has 0 spiro atoms. The molecule has 1 aromatic heterocycles. The normalized spacial score (nSPS) is 15.6. The highest BCUT2D eigenvalue weighted by Gasteiger charge is 2.46. The van der Waals surface area contributed by atoms with E-state index in [1.165, 1.54) is 11.3 Å². The minimum Gasteiger partial charge on any atom is -0.431 e. The smallest absolute Gasteiger partial charge is 0.280 e. The number of hydrogen-bond donors (Lipinski definition) is 0. The van der Waals surface area contributed by atoms with Crippen molar-refractivity contribution in [1.82, 2.24) is 9.88 Å². The van der Waals surface area contributed by atoms with Gasteiger partial charge in [-0.15, -0.1) is 11.6 Å². The van der Waals surface area contributed by atoms with Gasteiger partial charge in [-0.05, 0) is 56.9 Å². The van der Waals surface area contributed by atoms with Gasteiger partial charge in [-0.3, -0.25) is 0 Å². The topological polar surface area (TPSA) is 37.7 Å². The van der Waals surface area contributed by atoms with Crippen molar-refractivity contribution >= 4 is 46.6 Å². The van der Waals surface area contributed by atoms with Gasteiger partial charge in [-0.25, -0.2) is 9.98 Å². The fourth-order valence-corrected chi connectivity index (χ4v) is 3.83. The van der Waals surface area contributed by atoms with Gasteiger partial charge in [0.2, 0.25) is 0 Å². The second-order valence-electron chi connectivity index (χ2n) is 6.39. The number of hydrogen-bond acceptors (Lipinski definition) is 4. The Morgan fingerprint density at radius 3 is 2.72 bits per heavy atom. The monoisotopic (exact) mass is 397 g/mol. The molecule has 1 saturated carbocycles. The van der Waals surface area contributed by atoms with Crippen molar-refractivity contribution in [3.63, 3.8) is 0 Å². The van der Waals surface area contributed by atoms with Crippen molar-refractivity contribution in [1.29, 1.82) is 0 Å². The maximum absolute atomic E-state index is 6.43. The molecule has 2 aromatic rings. The Labute approximate surface area is 162 Å². The highest BCUT2D eigenvalue weighted by molar-refractivity contribution is 7.17. The van der Waals surface area contributed by atoms with Crippen molar-refractivity contribution in [3.05, 3.63) is 33.3 Å². The molecule has 0 saturated heterocycles. The Kier molecular flexibility index (Phi) is 5.28. The SMILES string of the molecule is CCN(C)/C=N/c1cc(C)c(Oc2nc(C3(Cl)CC3)c(Cl)s2)cc1C. The summed E-state index contributed by atoms with van der Waals surface area (Å²) in [6.45, 7) is 7.01. The average Bonchev–Trinajstić information content (AvgIpc) is 3.20. The summed E-state index contributed by atoms with van der Waals surface area (Å²) in [5.74, 6) is 0.761. The largest absolute Gasteiger partial charge is 0.431 e. The van der Waals surface area contributed by atoms with E-state index in [0.717, 1.165) is 47.6 Å². The lowest BCUT2D eigenvalue weighted by molar-refractivity contribution is 0.473. The molecule has 25 heavy (non-hydrogen) atoms. The first-order valence-electron chi connectivity index (χ1n) is 8.21. The van der Waals surface area contributed by atoms with Gasteiger partial charge in [0.05, 0.1) is 22.6 Å². The number of halogens is 2. The molecule has 1 fully saturated rings. The average molecular weight is 398 g/mol. The molecular weight excluding hydrogens is 377 g/mol. The van der Waals surface area contributed by atoms with E-state index in [4.69, 9.17) is 27.9 Å². The first kappa shape index (κ1) is 18.5. The van der Waals surface area contributed by atoms with Crippen LogP contribution in [0.4, 0.5) is 5.69 Å². The van der Waals surface area contributed by atoms with Crippen molar-refractivity contribution in [2.45, 2.75) is 38.5 Å². The number of benzene rings is 1. The van der Waals surface area contributed by atoms with Crippen molar-refractivity contribution in [3.8, 4) is 10.9 Å². The third-order valence-electron chi connectivity index (χ3n) is 4.26. The van der Waals surface area contributed by atoms with E-state index in [9.17, 15) is 0 Å². The molecule has 3 rings (SSSR count). The standard InChI is InChI=1S/C18H21Cl2N3OS/c1-5-23(4)10-21-13-8-12(3)14(9-11(13)2)24-17-22-15(16(19)25-17)18(20)6-7-18/h8-10H,5-7H2,1-4H3/b21-10+. The van der Waals surface area contributed by atoms with E-state index < -0.39 is 0 Å². The summed E-state index contributed by atoms with van der Waals surface area (Å²) in [4.78, 5) is 10.7. The van der Waals surface area contributed by atoms with Crippen LogP contribution in [0.2, 0.25) is 4.34 Å². The van der Waals surface area contributed by atoms with E-state index in [1.807, 2.05) is 44.3 Å². The van der Waals surface area contributed by atoms with Gasteiger partial charge in [0, 0.05) is 13.6 Å². The van der Waals surface area contributed by atoms with Crippen LogP contribution in [0.3, 0.4) is 0 Å². The third-order valence-corrected chi connectivity index (χ3v) is 5.95. The molecule has 0 bridgehead atoms. The van der Waals surface area contributed by atoms with Crippen LogP contribution in [-0.2, 0) is 4.87 Å². The minimum atomic E-state index is -0.385. The minimum absolute atomic E-state index is 0.385.